The van der Waals surface area contributed by atoms with Crippen LogP contribution in [0.1, 0.15) is 316 Å². The summed E-state index contributed by atoms with van der Waals surface area (Å²) in [5.41, 5.74) is 0. The van der Waals surface area contributed by atoms with E-state index < -0.39 is 6.10 Å². The number of hydrogen-bond acceptors (Lipinski definition) is 6. The fourth-order valence-electron chi connectivity index (χ4n) is 8.94. The van der Waals surface area contributed by atoms with Gasteiger partial charge in [0.05, 0.1) is 0 Å². The lowest BCUT2D eigenvalue weighted by atomic mass is 10.0. The molecule has 6 nitrogen and oxygen atoms in total. The van der Waals surface area contributed by atoms with E-state index in [0.29, 0.717) is 19.3 Å². The van der Waals surface area contributed by atoms with Gasteiger partial charge in [0, 0.05) is 19.3 Å². The minimum atomic E-state index is -0.791. The first kappa shape index (κ1) is 69.8. The number of allylic oxidation sites excluding steroid dienone is 12. The Balaban J connectivity index is 4.23. The number of rotatable bonds is 57. The highest BCUT2D eigenvalue weighted by atomic mass is 16.6. The second kappa shape index (κ2) is 61.4. The molecule has 0 aromatic carbocycles. The van der Waals surface area contributed by atoms with E-state index >= 15 is 0 Å². The molecule has 0 aliphatic heterocycles. The van der Waals surface area contributed by atoms with Crippen molar-refractivity contribution >= 4 is 17.9 Å². The van der Waals surface area contributed by atoms with Crippen molar-refractivity contribution in [1.29, 1.82) is 0 Å². The van der Waals surface area contributed by atoms with E-state index in [9.17, 15) is 14.4 Å². The van der Waals surface area contributed by atoms with Crippen LogP contribution < -0.4 is 0 Å². The smallest absolute Gasteiger partial charge is 0.306 e. The van der Waals surface area contributed by atoms with Gasteiger partial charge in [-0.05, 0) is 103 Å². The van der Waals surface area contributed by atoms with Gasteiger partial charge in [0.15, 0.2) is 6.10 Å². The zero-order valence-corrected chi connectivity index (χ0v) is 48.4. The third-order valence-electron chi connectivity index (χ3n) is 13.7. The molecule has 0 saturated carbocycles. The van der Waals surface area contributed by atoms with E-state index in [4.69, 9.17) is 14.2 Å². The van der Waals surface area contributed by atoms with Gasteiger partial charge in [-0.2, -0.15) is 0 Å². The molecule has 0 amide bonds. The Labute approximate surface area is 453 Å². The predicted molar refractivity (Wildman–Crippen MR) is 316 cm³/mol. The van der Waals surface area contributed by atoms with Crippen LogP contribution in [-0.4, -0.2) is 37.2 Å². The first-order valence-electron chi connectivity index (χ1n) is 31.4. The molecule has 0 aromatic heterocycles. The van der Waals surface area contributed by atoms with Crippen LogP contribution in [0.25, 0.3) is 0 Å². The van der Waals surface area contributed by atoms with Crippen molar-refractivity contribution in [2.24, 2.45) is 0 Å². The van der Waals surface area contributed by atoms with Crippen molar-refractivity contribution in [1.82, 2.24) is 0 Å². The molecule has 1 unspecified atom stereocenters. The zero-order chi connectivity index (χ0) is 52.9. The van der Waals surface area contributed by atoms with E-state index in [1.165, 1.54) is 173 Å². The summed E-state index contributed by atoms with van der Waals surface area (Å²) in [4.78, 5) is 38.2. The van der Waals surface area contributed by atoms with E-state index in [1.807, 2.05) is 0 Å². The maximum Gasteiger partial charge on any atom is 0.306 e. The second-order valence-corrected chi connectivity index (χ2v) is 20.9. The maximum atomic E-state index is 12.9. The van der Waals surface area contributed by atoms with Gasteiger partial charge in [0.1, 0.15) is 13.2 Å². The third kappa shape index (κ3) is 59.6. The monoisotopic (exact) mass is 1020 g/mol. The second-order valence-electron chi connectivity index (χ2n) is 20.9. The highest BCUT2D eigenvalue weighted by molar-refractivity contribution is 5.71. The van der Waals surface area contributed by atoms with Gasteiger partial charge in [-0.15, -0.1) is 0 Å². The lowest BCUT2D eigenvalue weighted by Crippen LogP contribution is -2.30. The number of carbonyl (C=O) groups is 3. The summed E-state index contributed by atoms with van der Waals surface area (Å²) < 4.78 is 16.9. The van der Waals surface area contributed by atoms with Gasteiger partial charge >= 0.3 is 17.9 Å². The third-order valence-corrected chi connectivity index (χ3v) is 13.7. The molecule has 0 rings (SSSR count). The zero-order valence-electron chi connectivity index (χ0n) is 48.4. The van der Waals surface area contributed by atoms with Crippen molar-refractivity contribution in [2.75, 3.05) is 13.2 Å². The van der Waals surface area contributed by atoms with E-state index in [2.05, 4.69) is 93.7 Å². The Morgan fingerprint density at radius 1 is 0.288 bits per heavy atom. The van der Waals surface area contributed by atoms with Crippen LogP contribution in [0.3, 0.4) is 0 Å². The average molecular weight is 1020 g/mol. The number of hydrogen-bond donors (Lipinski definition) is 0. The van der Waals surface area contributed by atoms with Crippen LogP contribution >= 0.6 is 0 Å². The summed E-state index contributed by atoms with van der Waals surface area (Å²) in [7, 11) is 0. The minimum absolute atomic E-state index is 0.0864. The summed E-state index contributed by atoms with van der Waals surface area (Å²) in [5.74, 6) is -0.910. The molecule has 0 spiro atoms. The van der Waals surface area contributed by atoms with Crippen LogP contribution in [0.4, 0.5) is 0 Å². The van der Waals surface area contributed by atoms with Gasteiger partial charge < -0.3 is 14.2 Å². The minimum Gasteiger partial charge on any atom is -0.462 e. The molecule has 0 aromatic rings. The fraction of sp³-hybridized carbons (Fsp3) is 0.776. The molecule has 0 N–H and O–H groups in total. The van der Waals surface area contributed by atoms with Gasteiger partial charge in [-0.3, -0.25) is 14.4 Å². The van der Waals surface area contributed by atoms with Crippen LogP contribution in [0.15, 0.2) is 72.9 Å². The molecule has 0 heterocycles. The largest absolute Gasteiger partial charge is 0.462 e. The van der Waals surface area contributed by atoms with Crippen LogP contribution in [-0.2, 0) is 28.6 Å². The molecule has 0 aliphatic rings. The molecule has 0 saturated heterocycles. The number of carbonyl (C=O) groups excluding carboxylic acids is 3. The summed E-state index contributed by atoms with van der Waals surface area (Å²) in [6, 6.07) is 0. The number of unbranched alkanes of at least 4 members (excludes halogenated alkanes) is 34. The van der Waals surface area contributed by atoms with Crippen LogP contribution in [0, 0.1) is 0 Å². The Bertz CT molecular complexity index is 1360. The average Bonchev–Trinajstić information content (AvgIpc) is 3.39. The van der Waals surface area contributed by atoms with Crippen molar-refractivity contribution < 1.29 is 28.6 Å². The lowest BCUT2D eigenvalue weighted by molar-refractivity contribution is -0.167. The normalized spacial score (nSPS) is 12.5. The van der Waals surface area contributed by atoms with E-state index in [1.54, 1.807) is 0 Å². The van der Waals surface area contributed by atoms with Gasteiger partial charge in [-0.25, -0.2) is 0 Å². The highest BCUT2D eigenvalue weighted by Gasteiger charge is 2.19. The fourth-order valence-corrected chi connectivity index (χ4v) is 8.94. The van der Waals surface area contributed by atoms with E-state index in [-0.39, 0.29) is 31.1 Å². The SMILES string of the molecule is CC/C=C\C/C=C\C/C=C\C/C=C\CCCCCCC(=O)OC(COC(=O)CCCCCCC/C=C\CCCC)COC(=O)CCCCCCCCCCCCCCCCC/C=C\CCCCCCCCCC. The standard InChI is InChI=1S/C67H118O6/c1-4-7-10-13-16-19-22-24-26-28-29-30-31-32-33-34-35-36-37-39-40-42-45-48-51-54-57-60-66(69)72-63-64(62-71-65(68)59-56-53-50-47-44-21-18-15-12-9-6-3)73-67(70)61-58-55-52-49-46-43-41-38-27-25-23-20-17-14-11-8-5-2/h8,11,15,17-18,20,25,27-29,41,43,64H,4-7,9-10,12-14,16,19,21-24,26,30-40,42,44-63H2,1-3H3/b11-8-,18-15-,20-17-,27-25-,29-28-,43-41-. The molecular weight excluding hydrogens is 901 g/mol. The van der Waals surface area contributed by atoms with Crippen molar-refractivity contribution in [3.63, 3.8) is 0 Å². The Hall–Kier alpha value is -3.15. The molecule has 73 heavy (non-hydrogen) atoms. The molecule has 422 valence electrons. The Kier molecular flexibility index (Phi) is 58.7. The summed E-state index contributed by atoms with van der Waals surface area (Å²) in [6.07, 6.45) is 79.2. The Morgan fingerprint density at radius 2 is 0.548 bits per heavy atom. The number of esters is 3. The predicted octanol–water partition coefficient (Wildman–Crippen LogP) is 21.3. The lowest BCUT2D eigenvalue weighted by Gasteiger charge is -2.18. The summed E-state index contributed by atoms with van der Waals surface area (Å²) in [6.45, 7) is 6.49. The van der Waals surface area contributed by atoms with Crippen LogP contribution in [0.2, 0.25) is 0 Å². The molecule has 0 radical (unpaired) electrons. The highest BCUT2D eigenvalue weighted by Crippen LogP contribution is 2.16. The first-order chi connectivity index (χ1) is 36.0. The maximum absolute atomic E-state index is 12.9. The van der Waals surface area contributed by atoms with Crippen molar-refractivity contribution in [3.8, 4) is 0 Å². The molecular formula is C67H118O6. The van der Waals surface area contributed by atoms with E-state index in [0.717, 1.165) is 103 Å². The summed E-state index contributed by atoms with van der Waals surface area (Å²) in [5, 5.41) is 0. The van der Waals surface area contributed by atoms with Gasteiger partial charge in [0.2, 0.25) is 0 Å². The first-order valence-corrected chi connectivity index (χ1v) is 31.4. The quantitative estimate of drug-likeness (QED) is 0.0261. The molecule has 0 aliphatic carbocycles. The summed E-state index contributed by atoms with van der Waals surface area (Å²) >= 11 is 0. The Morgan fingerprint density at radius 3 is 0.890 bits per heavy atom. The molecule has 0 bridgehead atoms. The van der Waals surface area contributed by atoms with Gasteiger partial charge in [0.25, 0.3) is 0 Å². The van der Waals surface area contributed by atoms with Crippen LogP contribution in [0.5, 0.6) is 0 Å². The topological polar surface area (TPSA) is 78.9 Å². The molecule has 1 atom stereocenters. The van der Waals surface area contributed by atoms with Gasteiger partial charge in [-0.1, -0.05) is 267 Å². The molecule has 6 heteroatoms. The van der Waals surface area contributed by atoms with Crippen molar-refractivity contribution in [3.05, 3.63) is 72.9 Å². The number of ether oxygens (including phenoxy) is 3. The molecule has 0 fully saturated rings. The van der Waals surface area contributed by atoms with Crippen molar-refractivity contribution in [2.45, 2.75) is 322 Å².